The van der Waals surface area contributed by atoms with E-state index in [4.69, 9.17) is 9.47 Å². The molecular weight excluding hydrogens is 368 g/mol. The number of benzene rings is 2. The van der Waals surface area contributed by atoms with Crippen LogP contribution < -0.4 is 15.0 Å². The van der Waals surface area contributed by atoms with Gasteiger partial charge in [-0.05, 0) is 49.4 Å². The summed E-state index contributed by atoms with van der Waals surface area (Å²) in [5.41, 5.74) is 1.64. The Hall–Kier alpha value is -3.00. The predicted octanol–water partition coefficient (Wildman–Crippen LogP) is 3.30. The summed E-state index contributed by atoms with van der Waals surface area (Å²) in [6.45, 7) is 2.69. The Bertz CT molecular complexity index is 928. The van der Waals surface area contributed by atoms with E-state index in [-0.39, 0.29) is 17.3 Å². The van der Waals surface area contributed by atoms with Crippen molar-refractivity contribution >= 4 is 41.1 Å². The molecular formula is C19H16N2O5S. The van der Waals surface area contributed by atoms with Crippen molar-refractivity contribution in [2.75, 3.05) is 23.4 Å². The van der Waals surface area contributed by atoms with E-state index >= 15 is 0 Å². The largest absolute Gasteiger partial charge is 0.447 e. The van der Waals surface area contributed by atoms with Crippen LogP contribution in [0.5, 0.6) is 5.75 Å². The Morgan fingerprint density at radius 2 is 2.00 bits per heavy atom. The summed E-state index contributed by atoms with van der Waals surface area (Å²) < 4.78 is 10.3. The molecule has 2 amide bonds. The molecule has 4 rings (SSSR count). The van der Waals surface area contributed by atoms with Crippen LogP contribution in [-0.2, 0) is 9.53 Å². The minimum Gasteiger partial charge on any atom is -0.447 e. The first kappa shape index (κ1) is 17.4. The molecule has 1 atom stereocenters. The van der Waals surface area contributed by atoms with Gasteiger partial charge in [0.15, 0.2) is 0 Å². The van der Waals surface area contributed by atoms with Crippen molar-refractivity contribution in [2.24, 2.45) is 0 Å². The second kappa shape index (κ2) is 6.96. The summed E-state index contributed by atoms with van der Waals surface area (Å²) in [7, 11) is 0. The normalized spacial score (nSPS) is 18.6. The summed E-state index contributed by atoms with van der Waals surface area (Å²) >= 11 is 1.45. The average Bonchev–Trinajstić information content (AvgIpc) is 3.09. The maximum absolute atomic E-state index is 12.4. The molecule has 1 saturated heterocycles. The highest BCUT2D eigenvalue weighted by Crippen LogP contribution is 2.36. The van der Waals surface area contributed by atoms with Gasteiger partial charge < -0.3 is 14.8 Å². The van der Waals surface area contributed by atoms with Gasteiger partial charge in [-0.25, -0.2) is 9.59 Å². The molecule has 138 valence electrons. The molecule has 27 heavy (non-hydrogen) atoms. The fraction of sp³-hybridized carbons (Fsp3) is 0.211. The van der Waals surface area contributed by atoms with Gasteiger partial charge in [-0.2, -0.15) is 0 Å². The van der Waals surface area contributed by atoms with Crippen LogP contribution in [0.4, 0.5) is 16.2 Å². The summed E-state index contributed by atoms with van der Waals surface area (Å²) in [6.07, 6.45) is -0.386. The van der Waals surface area contributed by atoms with E-state index in [0.717, 1.165) is 4.90 Å². The van der Waals surface area contributed by atoms with Gasteiger partial charge in [0.25, 0.3) is 0 Å². The number of cyclic esters (lactones) is 1. The number of anilines is 2. The molecule has 2 aromatic rings. The van der Waals surface area contributed by atoms with Crippen molar-refractivity contribution in [1.82, 2.24) is 0 Å². The van der Waals surface area contributed by atoms with E-state index in [1.165, 1.54) is 16.7 Å². The maximum atomic E-state index is 12.4. The van der Waals surface area contributed by atoms with Crippen molar-refractivity contribution in [2.45, 2.75) is 17.1 Å². The zero-order chi connectivity index (χ0) is 19.0. The number of rotatable bonds is 3. The first-order chi connectivity index (χ1) is 13.0. The van der Waals surface area contributed by atoms with Crippen LogP contribution >= 0.6 is 11.8 Å². The maximum Gasteiger partial charge on any atom is 0.414 e. The Labute approximate surface area is 159 Å². The molecule has 2 heterocycles. The third-order valence-electron chi connectivity index (χ3n) is 4.27. The number of ether oxygens (including phenoxy) is 2. The lowest BCUT2D eigenvalue weighted by Gasteiger charge is -2.21. The van der Waals surface area contributed by atoms with E-state index in [1.807, 2.05) is 6.92 Å². The Kier molecular flexibility index (Phi) is 4.49. The molecule has 0 spiro atoms. The fourth-order valence-corrected chi connectivity index (χ4v) is 3.75. The van der Waals surface area contributed by atoms with E-state index in [1.54, 1.807) is 42.5 Å². The lowest BCUT2D eigenvalue weighted by Crippen LogP contribution is -2.26. The van der Waals surface area contributed by atoms with E-state index in [0.29, 0.717) is 35.8 Å². The molecule has 0 aromatic heterocycles. The Morgan fingerprint density at radius 1 is 1.22 bits per heavy atom. The first-order valence-corrected chi connectivity index (χ1v) is 9.27. The monoisotopic (exact) mass is 384 g/mol. The quantitative estimate of drug-likeness (QED) is 0.646. The third kappa shape index (κ3) is 3.48. The van der Waals surface area contributed by atoms with E-state index < -0.39 is 5.97 Å². The second-order valence-corrected chi connectivity index (χ2v) is 7.49. The lowest BCUT2D eigenvalue weighted by molar-refractivity contribution is -0.115. The molecule has 0 saturated carbocycles. The van der Waals surface area contributed by atoms with E-state index in [2.05, 4.69) is 5.32 Å². The van der Waals surface area contributed by atoms with Crippen LogP contribution in [0.1, 0.15) is 17.3 Å². The van der Waals surface area contributed by atoms with Crippen LogP contribution in [0.25, 0.3) is 0 Å². The highest BCUT2D eigenvalue weighted by atomic mass is 32.2. The van der Waals surface area contributed by atoms with Gasteiger partial charge in [0.2, 0.25) is 5.91 Å². The van der Waals surface area contributed by atoms with Crippen molar-refractivity contribution < 1.29 is 23.9 Å². The molecule has 7 nitrogen and oxygen atoms in total. The van der Waals surface area contributed by atoms with Gasteiger partial charge in [-0.15, -0.1) is 11.8 Å². The molecule has 8 heteroatoms. The first-order valence-electron chi connectivity index (χ1n) is 8.39. The Morgan fingerprint density at radius 3 is 2.70 bits per heavy atom. The van der Waals surface area contributed by atoms with Gasteiger partial charge >= 0.3 is 12.1 Å². The predicted molar refractivity (Wildman–Crippen MR) is 100 cm³/mol. The topological polar surface area (TPSA) is 84.9 Å². The number of nitrogens with one attached hydrogen (secondary N) is 1. The van der Waals surface area contributed by atoms with Crippen LogP contribution in [0, 0.1) is 0 Å². The molecule has 2 aromatic carbocycles. The molecule has 0 unspecified atom stereocenters. The summed E-state index contributed by atoms with van der Waals surface area (Å²) in [5.74, 6) is -0.251. The lowest BCUT2D eigenvalue weighted by atomic mass is 10.2. The minimum absolute atomic E-state index is 0.0888. The van der Waals surface area contributed by atoms with E-state index in [9.17, 15) is 14.4 Å². The third-order valence-corrected chi connectivity index (χ3v) is 5.44. The van der Waals surface area contributed by atoms with Crippen molar-refractivity contribution in [3.05, 3.63) is 48.0 Å². The molecule has 0 aliphatic carbocycles. The average molecular weight is 384 g/mol. The number of fused-ring (bicyclic) bond motifs is 1. The zero-order valence-electron chi connectivity index (χ0n) is 14.4. The molecule has 0 bridgehead atoms. The summed E-state index contributed by atoms with van der Waals surface area (Å²) in [6, 6.07) is 11.7. The van der Waals surface area contributed by atoms with Gasteiger partial charge in [0.05, 0.1) is 23.0 Å². The van der Waals surface area contributed by atoms with Crippen molar-refractivity contribution in [3.8, 4) is 5.75 Å². The molecule has 2 aliphatic heterocycles. The van der Waals surface area contributed by atoms with Crippen LogP contribution in [0.2, 0.25) is 0 Å². The van der Waals surface area contributed by atoms with Crippen LogP contribution in [-0.4, -0.2) is 36.4 Å². The molecule has 1 N–H and O–H groups in total. The second-order valence-electron chi connectivity index (χ2n) is 6.11. The number of carbonyl (C=O) groups is 3. The van der Waals surface area contributed by atoms with Crippen molar-refractivity contribution in [3.63, 3.8) is 0 Å². The van der Waals surface area contributed by atoms with Crippen molar-refractivity contribution in [1.29, 1.82) is 0 Å². The van der Waals surface area contributed by atoms with Gasteiger partial charge in [0.1, 0.15) is 12.4 Å². The number of esters is 1. The summed E-state index contributed by atoms with van der Waals surface area (Å²) in [5, 5.41) is 2.63. The fourth-order valence-electron chi connectivity index (χ4n) is 2.82. The highest BCUT2D eigenvalue weighted by molar-refractivity contribution is 8.00. The van der Waals surface area contributed by atoms with Gasteiger partial charge in [0, 0.05) is 10.6 Å². The smallest absolute Gasteiger partial charge is 0.414 e. The number of hydrogen-bond donors (Lipinski definition) is 1. The number of hydrogen-bond acceptors (Lipinski definition) is 6. The van der Waals surface area contributed by atoms with Crippen LogP contribution in [0.3, 0.4) is 0 Å². The number of thioether (sulfide) groups is 1. The standard InChI is InChI=1S/C19H16N2O5S/c1-11-17(22)20-15-10-12(2-7-16(15)27-11)18(23)26-14-5-3-13(4-6-14)21-8-9-25-19(21)24/h2-7,10-11H,8-9H2,1H3,(H,20,22)/t11-/m0/s1. The molecule has 1 fully saturated rings. The number of nitrogens with zero attached hydrogens (tertiary/aromatic N) is 1. The molecule has 0 radical (unpaired) electrons. The van der Waals surface area contributed by atoms with Gasteiger partial charge in [-0.1, -0.05) is 0 Å². The minimum atomic E-state index is -0.524. The number of amides is 2. The highest BCUT2D eigenvalue weighted by Gasteiger charge is 2.25. The number of carbonyl (C=O) groups excluding carboxylic acids is 3. The zero-order valence-corrected chi connectivity index (χ0v) is 15.2. The molecule has 2 aliphatic rings. The SMILES string of the molecule is C[C@@H]1Sc2ccc(C(=O)Oc3ccc(N4CCOC4=O)cc3)cc2NC1=O. The van der Waals surface area contributed by atoms with Gasteiger partial charge in [-0.3, -0.25) is 9.69 Å². The summed E-state index contributed by atoms with van der Waals surface area (Å²) in [4.78, 5) is 38.2. The Balaban J connectivity index is 1.47. The van der Waals surface area contributed by atoms with Crippen LogP contribution in [0.15, 0.2) is 47.4 Å².